The fraction of sp³-hybridized carbons (Fsp3) is 0.238. The maximum absolute atomic E-state index is 13.6. The Morgan fingerprint density at radius 1 is 1.13 bits per heavy atom. The predicted molar refractivity (Wildman–Crippen MR) is 109 cm³/mol. The van der Waals surface area contributed by atoms with E-state index >= 15 is 0 Å². The largest absolute Gasteiger partial charge is 0.482 e. The highest BCUT2D eigenvalue weighted by molar-refractivity contribution is 6.06. The van der Waals surface area contributed by atoms with Crippen molar-refractivity contribution < 1.29 is 28.2 Å². The molecule has 0 aliphatic rings. The van der Waals surface area contributed by atoms with Crippen LogP contribution in [0.25, 0.3) is 0 Å². The Balaban J connectivity index is 1.87. The lowest BCUT2D eigenvalue weighted by molar-refractivity contribution is -0.145. The number of nitrogens with one attached hydrogen (secondary N) is 2. The van der Waals surface area contributed by atoms with Gasteiger partial charge in [0, 0.05) is 0 Å². The summed E-state index contributed by atoms with van der Waals surface area (Å²) in [5, 5.41) is 6.17. The zero-order valence-electron chi connectivity index (χ0n) is 16.6. The van der Waals surface area contributed by atoms with Crippen LogP contribution in [0.5, 0.6) is 5.75 Å². The number of amides is 2. The van der Waals surface area contributed by atoms with Gasteiger partial charge in [0.05, 0.1) is 18.5 Å². The topological polar surface area (TPSA) is 106 Å². The van der Waals surface area contributed by atoms with E-state index in [1.165, 1.54) is 31.3 Å². The number of hydrazone groups is 1. The molecule has 9 heteroatoms. The highest BCUT2D eigenvalue weighted by Gasteiger charge is 2.22. The van der Waals surface area contributed by atoms with Crippen LogP contribution >= 0.6 is 0 Å². The highest BCUT2D eigenvalue weighted by Crippen LogP contribution is 2.14. The van der Waals surface area contributed by atoms with Gasteiger partial charge in [0.2, 0.25) is 5.91 Å². The van der Waals surface area contributed by atoms with Crippen molar-refractivity contribution >= 4 is 29.7 Å². The van der Waals surface area contributed by atoms with E-state index in [-0.39, 0.29) is 18.9 Å². The van der Waals surface area contributed by atoms with E-state index in [0.29, 0.717) is 11.3 Å². The SMILES string of the molecule is CCOC(=O)COc1cccc(C=NNC(=O)C(C)C(=O)Nc2ccccc2F)c1. The quantitative estimate of drug-likeness (QED) is 0.283. The Kier molecular flexibility index (Phi) is 8.49. The van der Waals surface area contributed by atoms with Crippen molar-refractivity contribution in [2.45, 2.75) is 13.8 Å². The Labute approximate surface area is 173 Å². The summed E-state index contributed by atoms with van der Waals surface area (Å²) in [4.78, 5) is 35.5. The average molecular weight is 415 g/mol. The predicted octanol–water partition coefficient (Wildman–Crippen LogP) is 2.49. The third-order valence-electron chi connectivity index (χ3n) is 3.83. The van der Waals surface area contributed by atoms with E-state index in [4.69, 9.17) is 9.47 Å². The average Bonchev–Trinajstić information content (AvgIpc) is 2.73. The molecule has 0 aromatic heterocycles. The second kappa shape index (κ2) is 11.3. The summed E-state index contributed by atoms with van der Waals surface area (Å²) in [5.41, 5.74) is 2.85. The lowest BCUT2D eigenvalue weighted by Gasteiger charge is -2.11. The summed E-state index contributed by atoms with van der Waals surface area (Å²) >= 11 is 0. The molecule has 0 bridgehead atoms. The molecule has 2 N–H and O–H groups in total. The van der Waals surface area contributed by atoms with E-state index in [0.717, 1.165) is 0 Å². The second-order valence-corrected chi connectivity index (χ2v) is 6.09. The van der Waals surface area contributed by atoms with Crippen LogP contribution in [0.2, 0.25) is 0 Å². The molecular formula is C21H22FN3O5. The van der Waals surface area contributed by atoms with Gasteiger partial charge in [0.1, 0.15) is 17.5 Å². The molecule has 0 aliphatic carbocycles. The molecule has 2 rings (SSSR count). The van der Waals surface area contributed by atoms with Crippen LogP contribution < -0.4 is 15.5 Å². The van der Waals surface area contributed by atoms with Crippen molar-refractivity contribution in [3.8, 4) is 5.75 Å². The number of nitrogens with zero attached hydrogens (tertiary/aromatic N) is 1. The zero-order valence-corrected chi connectivity index (χ0v) is 16.6. The van der Waals surface area contributed by atoms with Gasteiger partial charge in [-0.2, -0.15) is 5.10 Å². The molecule has 0 fully saturated rings. The Morgan fingerprint density at radius 3 is 2.63 bits per heavy atom. The number of rotatable bonds is 9. The number of benzene rings is 2. The minimum absolute atomic E-state index is 0.00900. The summed E-state index contributed by atoms with van der Waals surface area (Å²) in [7, 11) is 0. The van der Waals surface area contributed by atoms with Crippen molar-refractivity contribution in [3.05, 3.63) is 59.9 Å². The van der Waals surface area contributed by atoms with Crippen LogP contribution in [-0.2, 0) is 19.1 Å². The third kappa shape index (κ3) is 7.01. The number of carbonyl (C=O) groups excluding carboxylic acids is 3. The number of para-hydroxylation sites is 1. The molecule has 0 spiro atoms. The van der Waals surface area contributed by atoms with E-state index in [9.17, 15) is 18.8 Å². The van der Waals surface area contributed by atoms with Crippen LogP contribution in [0, 0.1) is 11.7 Å². The third-order valence-corrected chi connectivity index (χ3v) is 3.83. The van der Waals surface area contributed by atoms with Gasteiger partial charge < -0.3 is 14.8 Å². The molecule has 30 heavy (non-hydrogen) atoms. The summed E-state index contributed by atoms with van der Waals surface area (Å²) in [6, 6.07) is 12.3. The van der Waals surface area contributed by atoms with Crippen LogP contribution in [0.1, 0.15) is 19.4 Å². The lowest BCUT2D eigenvalue weighted by Crippen LogP contribution is -2.34. The molecule has 2 amide bonds. The zero-order chi connectivity index (χ0) is 21.9. The maximum Gasteiger partial charge on any atom is 0.344 e. The molecule has 0 aliphatic heterocycles. The van der Waals surface area contributed by atoms with Gasteiger partial charge in [-0.3, -0.25) is 9.59 Å². The minimum atomic E-state index is -1.10. The molecule has 1 atom stereocenters. The van der Waals surface area contributed by atoms with Crippen molar-refractivity contribution in [1.82, 2.24) is 5.43 Å². The number of hydrogen-bond donors (Lipinski definition) is 2. The van der Waals surface area contributed by atoms with Gasteiger partial charge in [0.15, 0.2) is 6.61 Å². The van der Waals surface area contributed by atoms with Gasteiger partial charge in [0.25, 0.3) is 5.91 Å². The first kappa shape index (κ1) is 22.5. The first-order valence-electron chi connectivity index (χ1n) is 9.17. The second-order valence-electron chi connectivity index (χ2n) is 6.09. The molecule has 0 saturated carbocycles. The molecule has 158 valence electrons. The van der Waals surface area contributed by atoms with E-state index in [1.807, 2.05) is 0 Å². The Hall–Kier alpha value is -3.75. The molecule has 0 saturated heterocycles. The summed E-state index contributed by atoms with van der Waals surface area (Å²) in [6.07, 6.45) is 1.36. The van der Waals surface area contributed by atoms with Crippen LogP contribution in [0.4, 0.5) is 10.1 Å². The van der Waals surface area contributed by atoms with Gasteiger partial charge >= 0.3 is 5.97 Å². The minimum Gasteiger partial charge on any atom is -0.482 e. The highest BCUT2D eigenvalue weighted by atomic mass is 19.1. The number of anilines is 1. The smallest absolute Gasteiger partial charge is 0.344 e. The summed E-state index contributed by atoms with van der Waals surface area (Å²) < 4.78 is 23.7. The van der Waals surface area contributed by atoms with E-state index in [2.05, 4.69) is 15.8 Å². The van der Waals surface area contributed by atoms with Crippen molar-refractivity contribution in [2.24, 2.45) is 11.0 Å². The Morgan fingerprint density at radius 2 is 1.90 bits per heavy atom. The first-order valence-corrected chi connectivity index (χ1v) is 9.17. The molecule has 2 aromatic carbocycles. The van der Waals surface area contributed by atoms with E-state index < -0.39 is 29.5 Å². The van der Waals surface area contributed by atoms with Crippen molar-refractivity contribution in [1.29, 1.82) is 0 Å². The Bertz CT molecular complexity index is 932. The van der Waals surface area contributed by atoms with Crippen LogP contribution in [0.3, 0.4) is 0 Å². The molecule has 0 radical (unpaired) electrons. The first-order chi connectivity index (χ1) is 14.4. The number of carbonyl (C=O) groups is 3. The summed E-state index contributed by atoms with van der Waals surface area (Å²) in [5.74, 6) is -3.07. The van der Waals surface area contributed by atoms with Crippen LogP contribution in [0.15, 0.2) is 53.6 Å². The van der Waals surface area contributed by atoms with Gasteiger partial charge in [-0.1, -0.05) is 24.3 Å². The van der Waals surface area contributed by atoms with Crippen molar-refractivity contribution in [2.75, 3.05) is 18.5 Å². The van der Waals surface area contributed by atoms with Gasteiger partial charge in [-0.15, -0.1) is 0 Å². The fourth-order valence-electron chi connectivity index (χ4n) is 2.22. The number of hydrogen-bond acceptors (Lipinski definition) is 6. The normalized spacial score (nSPS) is 11.6. The van der Waals surface area contributed by atoms with Crippen molar-refractivity contribution in [3.63, 3.8) is 0 Å². The van der Waals surface area contributed by atoms with E-state index in [1.54, 1.807) is 37.3 Å². The fourth-order valence-corrected chi connectivity index (χ4v) is 2.22. The molecule has 0 heterocycles. The van der Waals surface area contributed by atoms with Gasteiger partial charge in [-0.25, -0.2) is 14.6 Å². The molecular weight excluding hydrogens is 393 g/mol. The van der Waals surface area contributed by atoms with Crippen LogP contribution in [-0.4, -0.2) is 37.2 Å². The number of esters is 1. The van der Waals surface area contributed by atoms with Gasteiger partial charge in [-0.05, 0) is 43.7 Å². The molecule has 8 nitrogen and oxygen atoms in total. The summed E-state index contributed by atoms with van der Waals surface area (Å²) in [6.45, 7) is 3.13. The molecule has 2 aromatic rings. The lowest BCUT2D eigenvalue weighted by atomic mass is 10.1. The number of ether oxygens (including phenoxy) is 2. The maximum atomic E-state index is 13.6. The monoisotopic (exact) mass is 415 g/mol. The molecule has 1 unspecified atom stereocenters. The number of halogens is 1. The standard InChI is InChI=1S/C21H22FN3O5/c1-3-29-19(26)13-30-16-8-6-7-15(11-16)12-23-25-21(28)14(2)20(27)24-18-10-5-4-9-17(18)22/h4-12,14H,3,13H2,1-2H3,(H,24,27)(H,25,28).